The quantitative estimate of drug-likeness (QED) is 0.781. The number of hydrogen-bond donors (Lipinski definition) is 1. The molecule has 1 aliphatic heterocycles. The van der Waals surface area contributed by atoms with Crippen LogP contribution in [0, 0.1) is 0 Å². The number of hydrogen-bond acceptors (Lipinski definition) is 5. The minimum Gasteiger partial charge on any atom is -0.462 e. The van der Waals surface area contributed by atoms with Crippen LogP contribution in [-0.4, -0.2) is 53.4 Å². The van der Waals surface area contributed by atoms with E-state index in [1.54, 1.807) is 10.9 Å². The van der Waals surface area contributed by atoms with E-state index in [0.717, 1.165) is 31.7 Å². The molecule has 1 atom stereocenters. The summed E-state index contributed by atoms with van der Waals surface area (Å²) in [6.45, 7) is 4.98. The standard InChI is InChI=1S/C13H22N4O2/c1-4-19-13(18)11-7-15-16(3)12(11)9-17-6-5-10(8-17)14-2/h7,10,14H,4-6,8-9H2,1-3H3. The second-order valence-electron chi connectivity index (χ2n) is 4.86. The average Bonchev–Trinajstić information content (AvgIpc) is 2.98. The average molecular weight is 266 g/mol. The molecule has 0 bridgehead atoms. The highest BCUT2D eigenvalue weighted by atomic mass is 16.5. The van der Waals surface area contributed by atoms with E-state index in [-0.39, 0.29) is 5.97 Å². The van der Waals surface area contributed by atoms with Crippen molar-refractivity contribution in [3.8, 4) is 0 Å². The van der Waals surface area contributed by atoms with Gasteiger partial charge in [0, 0.05) is 32.7 Å². The summed E-state index contributed by atoms with van der Waals surface area (Å²) < 4.78 is 6.83. The predicted octanol–water partition coefficient (Wildman–Crippen LogP) is 0.391. The first-order valence-electron chi connectivity index (χ1n) is 6.73. The summed E-state index contributed by atoms with van der Waals surface area (Å²) in [5, 5.41) is 7.46. The summed E-state index contributed by atoms with van der Waals surface area (Å²) in [6, 6.07) is 0.541. The van der Waals surface area contributed by atoms with Crippen molar-refractivity contribution >= 4 is 5.97 Å². The molecule has 2 rings (SSSR count). The third-order valence-corrected chi connectivity index (χ3v) is 3.61. The second kappa shape index (κ2) is 6.16. The number of aromatic nitrogens is 2. The van der Waals surface area contributed by atoms with Crippen LogP contribution in [0.1, 0.15) is 29.4 Å². The van der Waals surface area contributed by atoms with Crippen molar-refractivity contribution in [1.82, 2.24) is 20.0 Å². The Kier molecular flexibility index (Phi) is 4.55. The molecule has 0 aromatic carbocycles. The van der Waals surface area contributed by atoms with Crippen LogP contribution in [0.2, 0.25) is 0 Å². The molecule has 2 heterocycles. The molecule has 19 heavy (non-hydrogen) atoms. The minimum atomic E-state index is -0.282. The number of likely N-dealkylation sites (tertiary alicyclic amines) is 1. The smallest absolute Gasteiger partial charge is 0.341 e. The number of likely N-dealkylation sites (N-methyl/N-ethyl adjacent to an activating group) is 1. The molecule has 1 aromatic rings. The Hall–Kier alpha value is -1.40. The van der Waals surface area contributed by atoms with E-state index in [9.17, 15) is 4.79 Å². The van der Waals surface area contributed by atoms with Gasteiger partial charge in [-0.3, -0.25) is 9.58 Å². The fraction of sp³-hybridized carbons (Fsp3) is 0.692. The van der Waals surface area contributed by atoms with Crippen molar-refractivity contribution < 1.29 is 9.53 Å². The first-order chi connectivity index (χ1) is 9.15. The summed E-state index contributed by atoms with van der Waals surface area (Å²) in [5.41, 5.74) is 1.51. The summed E-state index contributed by atoms with van der Waals surface area (Å²) in [4.78, 5) is 14.2. The summed E-state index contributed by atoms with van der Waals surface area (Å²) in [6.07, 6.45) is 2.74. The summed E-state index contributed by atoms with van der Waals surface area (Å²) in [7, 11) is 3.85. The molecule has 6 nitrogen and oxygen atoms in total. The molecular weight excluding hydrogens is 244 g/mol. The first kappa shape index (κ1) is 14.0. The number of nitrogens with one attached hydrogen (secondary N) is 1. The van der Waals surface area contributed by atoms with Crippen molar-refractivity contribution in [3.63, 3.8) is 0 Å². The monoisotopic (exact) mass is 266 g/mol. The van der Waals surface area contributed by atoms with Crippen LogP contribution in [0.15, 0.2) is 6.20 Å². The molecule has 1 N–H and O–H groups in total. The molecule has 0 radical (unpaired) electrons. The summed E-state index contributed by atoms with van der Waals surface area (Å²) in [5.74, 6) is -0.282. The third kappa shape index (κ3) is 3.13. The maximum Gasteiger partial charge on any atom is 0.341 e. The van der Waals surface area contributed by atoms with Gasteiger partial charge in [-0.2, -0.15) is 5.10 Å². The Labute approximate surface area is 113 Å². The maximum absolute atomic E-state index is 11.9. The van der Waals surface area contributed by atoms with Gasteiger partial charge >= 0.3 is 5.97 Å². The number of ether oxygens (including phenoxy) is 1. The van der Waals surface area contributed by atoms with Crippen LogP contribution in [0.25, 0.3) is 0 Å². The zero-order chi connectivity index (χ0) is 13.8. The zero-order valence-electron chi connectivity index (χ0n) is 11.8. The van der Waals surface area contributed by atoms with Crippen LogP contribution in [0.3, 0.4) is 0 Å². The lowest BCUT2D eigenvalue weighted by atomic mass is 10.2. The lowest BCUT2D eigenvalue weighted by Gasteiger charge is -2.16. The molecule has 106 valence electrons. The number of carbonyl (C=O) groups is 1. The van der Waals surface area contributed by atoms with Crippen LogP contribution in [-0.2, 0) is 18.3 Å². The van der Waals surface area contributed by atoms with Gasteiger partial charge in [-0.15, -0.1) is 0 Å². The highest BCUT2D eigenvalue weighted by Crippen LogP contribution is 2.16. The minimum absolute atomic E-state index is 0.282. The number of carbonyl (C=O) groups excluding carboxylic acids is 1. The molecule has 0 saturated carbocycles. The van der Waals surface area contributed by atoms with Gasteiger partial charge in [-0.1, -0.05) is 0 Å². The van der Waals surface area contributed by atoms with E-state index in [1.807, 2.05) is 21.0 Å². The van der Waals surface area contributed by atoms with E-state index in [4.69, 9.17) is 4.74 Å². The number of aryl methyl sites for hydroxylation is 1. The van der Waals surface area contributed by atoms with Crippen LogP contribution in [0.5, 0.6) is 0 Å². The van der Waals surface area contributed by atoms with E-state index in [1.165, 1.54) is 0 Å². The number of nitrogens with zero attached hydrogens (tertiary/aromatic N) is 3. The van der Waals surface area contributed by atoms with Gasteiger partial charge in [-0.05, 0) is 20.4 Å². The van der Waals surface area contributed by atoms with Gasteiger partial charge < -0.3 is 10.1 Å². The van der Waals surface area contributed by atoms with Crippen molar-refractivity contribution in [1.29, 1.82) is 0 Å². The van der Waals surface area contributed by atoms with Gasteiger partial charge in [0.25, 0.3) is 0 Å². The molecule has 1 unspecified atom stereocenters. The Morgan fingerprint density at radius 2 is 2.42 bits per heavy atom. The van der Waals surface area contributed by atoms with Crippen LogP contribution in [0.4, 0.5) is 0 Å². The SMILES string of the molecule is CCOC(=O)c1cnn(C)c1CN1CCC(NC)C1. The fourth-order valence-electron chi connectivity index (χ4n) is 2.45. The van der Waals surface area contributed by atoms with Gasteiger partial charge in [0.1, 0.15) is 5.56 Å². The zero-order valence-corrected chi connectivity index (χ0v) is 11.8. The summed E-state index contributed by atoms with van der Waals surface area (Å²) >= 11 is 0. The fourth-order valence-corrected chi connectivity index (χ4v) is 2.45. The van der Waals surface area contributed by atoms with Crippen LogP contribution < -0.4 is 5.32 Å². The molecule has 1 aliphatic rings. The first-order valence-corrected chi connectivity index (χ1v) is 6.73. The molecule has 1 aromatic heterocycles. The van der Waals surface area contributed by atoms with Crippen molar-refractivity contribution in [2.24, 2.45) is 7.05 Å². The number of rotatable bonds is 5. The van der Waals surface area contributed by atoms with E-state index < -0.39 is 0 Å². The Balaban J connectivity index is 2.07. The van der Waals surface area contributed by atoms with Crippen molar-refractivity contribution in [3.05, 3.63) is 17.5 Å². The van der Waals surface area contributed by atoms with Gasteiger partial charge in [0.15, 0.2) is 0 Å². The van der Waals surface area contributed by atoms with Crippen LogP contribution >= 0.6 is 0 Å². The molecule has 0 aliphatic carbocycles. The van der Waals surface area contributed by atoms with Gasteiger partial charge in [-0.25, -0.2) is 4.79 Å². The van der Waals surface area contributed by atoms with E-state index in [2.05, 4.69) is 15.3 Å². The van der Waals surface area contributed by atoms with E-state index in [0.29, 0.717) is 18.2 Å². The Morgan fingerprint density at radius 3 is 3.05 bits per heavy atom. The lowest BCUT2D eigenvalue weighted by Crippen LogP contribution is -2.30. The second-order valence-corrected chi connectivity index (χ2v) is 4.86. The molecule has 1 saturated heterocycles. The van der Waals surface area contributed by atoms with Gasteiger partial charge in [0.2, 0.25) is 0 Å². The maximum atomic E-state index is 11.9. The topological polar surface area (TPSA) is 59.4 Å². The Morgan fingerprint density at radius 1 is 1.63 bits per heavy atom. The highest BCUT2D eigenvalue weighted by Gasteiger charge is 2.24. The largest absolute Gasteiger partial charge is 0.462 e. The molecule has 0 spiro atoms. The predicted molar refractivity (Wildman–Crippen MR) is 71.9 cm³/mol. The number of esters is 1. The molecule has 0 amide bonds. The van der Waals surface area contributed by atoms with E-state index >= 15 is 0 Å². The van der Waals surface area contributed by atoms with Crippen molar-refractivity contribution in [2.45, 2.75) is 25.9 Å². The third-order valence-electron chi connectivity index (χ3n) is 3.61. The Bertz CT molecular complexity index is 444. The normalized spacial score (nSPS) is 19.8. The molecule has 6 heteroatoms. The highest BCUT2D eigenvalue weighted by molar-refractivity contribution is 5.90. The molecular formula is C13H22N4O2. The molecule has 1 fully saturated rings. The lowest BCUT2D eigenvalue weighted by molar-refractivity contribution is 0.0524. The van der Waals surface area contributed by atoms with Gasteiger partial charge in [0.05, 0.1) is 18.5 Å². The van der Waals surface area contributed by atoms with Crippen molar-refractivity contribution in [2.75, 3.05) is 26.7 Å².